The minimum Gasteiger partial charge on any atom is -0.495 e. The lowest BCUT2D eigenvalue weighted by Crippen LogP contribution is -2.43. The van der Waals surface area contributed by atoms with Gasteiger partial charge in [0, 0.05) is 17.0 Å². The normalized spacial score (nSPS) is 14.5. The number of carbonyl (C=O) groups excluding carboxylic acids is 1. The molecule has 1 fully saturated rings. The van der Waals surface area contributed by atoms with Gasteiger partial charge in [-0.05, 0) is 60.5 Å². The van der Waals surface area contributed by atoms with Crippen LogP contribution < -0.4 is 10.1 Å². The second-order valence-electron chi connectivity index (χ2n) is 8.70. The summed E-state index contributed by atoms with van der Waals surface area (Å²) in [6.45, 7) is 2.50. The van der Waals surface area contributed by atoms with E-state index in [1.807, 2.05) is 35.2 Å². The van der Waals surface area contributed by atoms with E-state index in [-0.39, 0.29) is 12.1 Å². The number of amides is 2. The molecule has 4 aromatic rings. The molecular weight excluding hydrogens is 416 g/mol. The third-order valence-electron chi connectivity index (χ3n) is 6.46. The van der Waals surface area contributed by atoms with Crippen LogP contribution in [0.3, 0.4) is 0 Å². The van der Waals surface area contributed by atoms with E-state index >= 15 is 0 Å². The van der Waals surface area contributed by atoms with Crippen LogP contribution in [-0.4, -0.2) is 44.1 Å². The van der Waals surface area contributed by atoms with Crippen molar-refractivity contribution in [2.24, 2.45) is 0 Å². The molecule has 2 aromatic carbocycles. The van der Waals surface area contributed by atoms with Gasteiger partial charge in [-0.3, -0.25) is 0 Å². The number of hydrogen-bond acceptors (Lipinski definition) is 5. The van der Waals surface area contributed by atoms with Crippen molar-refractivity contribution < 1.29 is 9.53 Å². The number of pyridine rings is 1. The van der Waals surface area contributed by atoms with E-state index in [0.717, 1.165) is 42.1 Å². The van der Waals surface area contributed by atoms with Crippen molar-refractivity contribution in [1.29, 1.82) is 0 Å². The number of tetrazole rings is 1. The van der Waals surface area contributed by atoms with Gasteiger partial charge in [0.1, 0.15) is 5.75 Å². The van der Waals surface area contributed by atoms with Crippen molar-refractivity contribution in [1.82, 2.24) is 24.9 Å². The van der Waals surface area contributed by atoms with Crippen molar-refractivity contribution in [2.75, 3.05) is 12.4 Å². The number of benzene rings is 2. The number of fused-ring (bicyclic) bond motifs is 3. The first-order chi connectivity index (χ1) is 16.1. The van der Waals surface area contributed by atoms with Gasteiger partial charge in [0.15, 0.2) is 5.65 Å². The molecule has 1 N–H and O–H groups in total. The second-order valence-corrected chi connectivity index (χ2v) is 8.70. The highest BCUT2D eigenvalue weighted by atomic mass is 16.5. The number of nitrogens with one attached hydrogen (secondary N) is 1. The molecule has 5 rings (SSSR count). The van der Waals surface area contributed by atoms with Gasteiger partial charge in [-0.15, -0.1) is 5.10 Å². The number of nitrogens with zero attached hydrogens (tertiary/aromatic N) is 5. The van der Waals surface area contributed by atoms with Crippen molar-refractivity contribution in [3.05, 3.63) is 59.7 Å². The summed E-state index contributed by atoms with van der Waals surface area (Å²) < 4.78 is 7.20. The maximum atomic E-state index is 13.6. The van der Waals surface area contributed by atoms with Crippen LogP contribution in [0.1, 0.15) is 43.2 Å². The highest BCUT2D eigenvalue weighted by Gasteiger charge is 2.27. The summed E-state index contributed by atoms with van der Waals surface area (Å²) in [6.07, 6.45) is 5.45. The summed E-state index contributed by atoms with van der Waals surface area (Å²) in [7, 11) is 1.61. The molecule has 0 spiro atoms. The Balaban J connectivity index is 1.52. The van der Waals surface area contributed by atoms with Crippen molar-refractivity contribution in [3.8, 4) is 5.75 Å². The zero-order valence-electron chi connectivity index (χ0n) is 19.0. The van der Waals surface area contributed by atoms with Crippen molar-refractivity contribution in [3.63, 3.8) is 0 Å². The number of carbonyl (C=O) groups is 1. The molecule has 8 heteroatoms. The fraction of sp³-hybridized carbons (Fsp3) is 0.360. The van der Waals surface area contributed by atoms with E-state index in [4.69, 9.17) is 4.74 Å². The average molecular weight is 445 g/mol. The molecule has 1 aliphatic rings. The first-order valence-electron chi connectivity index (χ1n) is 11.4. The maximum Gasteiger partial charge on any atom is 0.322 e. The molecule has 1 saturated carbocycles. The monoisotopic (exact) mass is 444 g/mol. The lowest BCUT2D eigenvalue weighted by atomic mass is 9.94. The number of aromatic nitrogens is 4. The van der Waals surface area contributed by atoms with Crippen LogP contribution in [0, 0.1) is 6.92 Å². The highest BCUT2D eigenvalue weighted by Crippen LogP contribution is 2.29. The zero-order valence-corrected chi connectivity index (χ0v) is 19.0. The first kappa shape index (κ1) is 21.2. The molecule has 170 valence electrons. The summed E-state index contributed by atoms with van der Waals surface area (Å²) >= 11 is 0. The summed E-state index contributed by atoms with van der Waals surface area (Å²) in [5.74, 6) is 0.639. The van der Waals surface area contributed by atoms with E-state index in [0.29, 0.717) is 23.6 Å². The molecule has 0 bridgehead atoms. The Morgan fingerprint density at radius 2 is 1.97 bits per heavy atom. The van der Waals surface area contributed by atoms with E-state index in [1.165, 1.54) is 12.0 Å². The zero-order chi connectivity index (χ0) is 22.8. The Morgan fingerprint density at radius 3 is 2.79 bits per heavy atom. The Hall–Kier alpha value is -3.68. The molecule has 0 unspecified atom stereocenters. The number of para-hydroxylation sites is 2. The smallest absolute Gasteiger partial charge is 0.322 e. The van der Waals surface area contributed by atoms with Crippen LogP contribution in [0.25, 0.3) is 16.6 Å². The van der Waals surface area contributed by atoms with Crippen LogP contribution in [0.5, 0.6) is 5.75 Å². The third kappa shape index (κ3) is 4.20. The third-order valence-corrected chi connectivity index (χ3v) is 6.46. The fourth-order valence-corrected chi connectivity index (χ4v) is 4.78. The molecule has 0 atom stereocenters. The predicted octanol–water partition coefficient (Wildman–Crippen LogP) is 4.96. The molecule has 8 nitrogen and oxygen atoms in total. The van der Waals surface area contributed by atoms with Gasteiger partial charge in [0.2, 0.25) is 0 Å². The van der Waals surface area contributed by atoms with E-state index in [9.17, 15) is 4.79 Å². The van der Waals surface area contributed by atoms with Crippen LogP contribution in [0.2, 0.25) is 0 Å². The van der Waals surface area contributed by atoms with Crippen molar-refractivity contribution in [2.45, 2.75) is 51.6 Å². The lowest BCUT2D eigenvalue weighted by molar-refractivity contribution is 0.163. The Labute approximate surface area is 192 Å². The summed E-state index contributed by atoms with van der Waals surface area (Å²) in [5.41, 5.74) is 4.39. The Kier molecular flexibility index (Phi) is 5.81. The number of anilines is 1. The van der Waals surface area contributed by atoms with E-state index < -0.39 is 0 Å². The summed E-state index contributed by atoms with van der Waals surface area (Å²) in [5, 5.41) is 16.5. The predicted molar refractivity (Wildman–Crippen MR) is 127 cm³/mol. The van der Waals surface area contributed by atoms with Crippen LogP contribution in [-0.2, 0) is 6.54 Å². The van der Waals surface area contributed by atoms with Gasteiger partial charge in [0.05, 0.1) is 24.9 Å². The van der Waals surface area contributed by atoms with Gasteiger partial charge < -0.3 is 15.0 Å². The second kappa shape index (κ2) is 9.05. The quantitative estimate of drug-likeness (QED) is 0.470. The molecule has 0 aliphatic heterocycles. The van der Waals surface area contributed by atoms with Gasteiger partial charge in [-0.1, -0.05) is 43.0 Å². The minimum atomic E-state index is -0.138. The molecule has 0 radical (unpaired) electrons. The molecule has 2 heterocycles. The Bertz CT molecular complexity index is 1290. The lowest BCUT2D eigenvalue weighted by Gasteiger charge is -2.34. The highest BCUT2D eigenvalue weighted by molar-refractivity contribution is 5.91. The molecule has 1 aliphatic carbocycles. The number of urea groups is 1. The van der Waals surface area contributed by atoms with Gasteiger partial charge in [-0.2, -0.15) is 4.52 Å². The van der Waals surface area contributed by atoms with E-state index in [1.54, 1.807) is 11.6 Å². The van der Waals surface area contributed by atoms with Crippen LogP contribution >= 0.6 is 0 Å². The first-order valence-corrected chi connectivity index (χ1v) is 11.4. The number of aryl methyl sites for hydroxylation is 1. The van der Waals surface area contributed by atoms with Gasteiger partial charge in [-0.25, -0.2) is 4.79 Å². The maximum absolute atomic E-state index is 13.6. The summed E-state index contributed by atoms with van der Waals surface area (Å²) in [4.78, 5) is 15.5. The molecule has 0 saturated heterocycles. The van der Waals surface area contributed by atoms with Crippen LogP contribution in [0.4, 0.5) is 10.5 Å². The number of rotatable bonds is 5. The van der Waals surface area contributed by atoms with Crippen LogP contribution in [0.15, 0.2) is 48.5 Å². The number of ether oxygens (including phenoxy) is 1. The molecule has 33 heavy (non-hydrogen) atoms. The standard InChI is InChI=1S/C25H28N6O2/c1-17-12-13-22-18(14-17)15-19(24-27-28-29-31(22)24)16-30(20-8-4-3-5-9-20)25(32)26-21-10-6-7-11-23(21)33-2/h6-7,10-15,20H,3-5,8-9,16H2,1-2H3,(H,26,32). The topological polar surface area (TPSA) is 84.7 Å². The molecular formula is C25H28N6O2. The molecule has 2 amide bonds. The fourth-order valence-electron chi connectivity index (χ4n) is 4.78. The minimum absolute atomic E-state index is 0.138. The van der Waals surface area contributed by atoms with Gasteiger partial charge in [0.25, 0.3) is 0 Å². The SMILES string of the molecule is COc1ccccc1NC(=O)N(Cc1cc2cc(C)ccc2n2nnnc12)C1CCCCC1. The van der Waals surface area contributed by atoms with Gasteiger partial charge >= 0.3 is 6.03 Å². The average Bonchev–Trinajstić information content (AvgIpc) is 3.33. The summed E-state index contributed by atoms with van der Waals surface area (Å²) in [6, 6.07) is 15.8. The Morgan fingerprint density at radius 1 is 1.15 bits per heavy atom. The number of methoxy groups -OCH3 is 1. The number of hydrogen-bond donors (Lipinski definition) is 1. The van der Waals surface area contributed by atoms with E-state index in [2.05, 4.69) is 46.0 Å². The largest absolute Gasteiger partial charge is 0.495 e. The molecule has 2 aromatic heterocycles. The van der Waals surface area contributed by atoms with Crippen molar-refractivity contribution >= 4 is 28.3 Å².